The number of halogens is 1. The van der Waals surface area contributed by atoms with Crippen LogP contribution in [0.5, 0.6) is 11.5 Å². The van der Waals surface area contributed by atoms with Crippen LogP contribution < -0.4 is 25.4 Å². The lowest BCUT2D eigenvalue weighted by Gasteiger charge is -2.15. The number of rotatable bonds is 10. The highest BCUT2D eigenvalue weighted by atomic mass is 19.1. The number of urea groups is 1. The summed E-state index contributed by atoms with van der Waals surface area (Å²) in [6.07, 6.45) is 5.90. The molecule has 0 saturated carbocycles. The molecule has 0 aliphatic heterocycles. The molecule has 0 radical (unpaired) electrons. The summed E-state index contributed by atoms with van der Waals surface area (Å²) in [5, 5.41) is 15.4. The monoisotopic (exact) mass is 660 g/mol. The number of nitrogens with zero attached hydrogens (tertiary/aromatic N) is 5. The van der Waals surface area contributed by atoms with Gasteiger partial charge in [0.05, 0.1) is 36.1 Å². The Kier molecular flexibility index (Phi) is 9.38. The van der Waals surface area contributed by atoms with E-state index >= 15 is 0 Å². The van der Waals surface area contributed by atoms with Crippen molar-refractivity contribution in [1.82, 2.24) is 24.7 Å². The second kappa shape index (κ2) is 14.0. The molecule has 3 aromatic carbocycles. The summed E-state index contributed by atoms with van der Waals surface area (Å²) in [4.78, 5) is 26.6. The average Bonchev–Trinajstić information content (AvgIpc) is 3.52. The molecule has 2 amide bonds. The molecule has 12 heteroatoms. The predicted octanol–water partition coefficient (Wildman–Crippen LogP) is 8.18. The zero-order valence-corrected chi connectivity index (χ0v) is 27.9. The van der Waals surface area contributed by atoms with Crippen molar-refractivity contribution in [2.24, 2.45) is 0 Å². The molecule has 0 saturated heterocycles. The molecule has 3 heterocycles. The van der Waals surface area contributed by atoms with Gasteiger partial charge in [-0.2, -0.15) is 5.10 Å². The van der Waals surface area contributed by atoms with Gasteiger partial charge in [0.25, 0.3) is 0 Å². The third kappa shape index (κ3) is 7.59. The number of aromatic nitrogens is 5. The Balaban J connectivity index is 1.19. The van der Waals surface area contributed by atoms with Gasteiger partial charge in [-0.05, 0) is 48.4 Å². The number of nitrogens with one attached hydrogen (secondary N) is 3. The quantitative estimate of drug-likeness (QED) is 0.134. The molecule has 0 aliphatic carbocycles. The number of fused-ring (bicyclic) bond motifs is 1. The van der Waals surface area contributed by atoms with Crippen molar-refractivity contribution in [2.75, 3.05) is 23.1 Å². The van der Waals surface area contributed by atoms with Gasteiger partial charge in [-0.3, -0.25) is 10.3 Å². The molecular formula is C37H37FN8O3. The summed E-state index contributed by atoms with van der Waals surface area (Å²) >= 11 is 0. The first-order valence-corrected chi connectivity index (χ1v) is 15.8. The van der Waals surface area contributed by atoms with Crippen LogP contribution in [0, 0.1) is 5.82 Å². The van der Waals surface area contributed by atoms with Gasteiger partial charge in [0.1, 0.15) is 29.8 Å². The molecule has 3 N–H and O–H groups in total. The number of ether oxygens (including phenoxy) is 2. The van der Waals surface area contributed by atoms with Gasteiger partial charge >= 0.3 is 6.03 Å². The number of hydrogen-bond acceptors (Lipinski definition) is 8. The number of aryl methyl sites for hydroxylation is 1. The number of amides is 2. The molecule has 0 atom stereocenters. The van der Waals surface area contributed by atoms with E-state index in [9.17, 15) is 9.18 Å². The molecule has 49 heavy (non-hydrogen) atoms. The fourth-order valence-corrected chi connectivity index (χ4v) is 5.16. The zero-order chi connectivity index (χ0) is 34.5. The second-order valence-corrected chi connectivity index (χ2v) is 12.3. The van der Waals surface area contributed by atoms with E-state index in [2.05, 4.69) is 36.0 Å². The van der Waals surface area contributed by atoms with E-state index in [1.807, 2.05) is 70.2 Å². The second-order valence-electron chi connectivity index (χ2n) is 12.3. The van der Waals surface area contributed by atoms with Crippen LogP contribution in [0.2, 0.25) is 0 Å². The number of carbonyl (C=O) groups excluding carboxylic acids is 1. The van der Waals surface area contributed by atoms with Gasteiger partial charge in [0.15, 0.2) is 11.6 Å². The molecule has 0 bridgehead atoms. The molecule has 6 rings (SSSR count). The molecule has 3 aromatic heterocycles. The highest BCUT2D eigenvalue weighted by molar-refractivity contribution is 6.07. The Morgan fingerprint density at radius 1 is 0.918 bits per heavy atom. The van der Waals surface area contributed by atoms with Crippen LogP contribution in [0.25, 0.3) is 16.5 Å². The minimum Gasteiger partial charge on any atom is -0.494 e. The number of pyridine rings is 1. The number of carbonyl (C=O) groups is 1. The van der Waals surface area contributed by atoms with Gasteiger partial charge in [0.2, 0.25) is 0 Å². The van der Waals surface area contributed by atoms with E-state index in [1.54, 1.807) is 36.8 Å². The average molecular weight is 661 g/mol. The topological polar surface area (TPSA) is 128 Å². The Morgan fingerprint density at radius 3 is 2.47 bits per heavy atom. The first-order valence-electron chi connectivity index (χ1n) is 15.8. The lowest BCUT2D eigenvalue weighted by molar-refractivity contribution is 0.262. The normalized spacial score (nSPS) is 11.3. The maximum absolute atomic E-state index is 14.6. The van der Waals surface area contributed by atoms with Gasteiger partial charge < -0.3 is 20.1 Å². The fraction of sp³-hybridized carbons (Fsp3) is 0.216. The van der Waals surface area contributed by atoms with Gasteiger partial charge in [0, 0.05) is 40.7 Å². The minimum atomic E-state index is -0.537. The summed E-state index contributed by atoms with van der Waals surface area (Å²) in [5.74, 6) is 1.87. The van der Waals surface area contributed by atoms with E-state index in [0.29, 0.717) is 41.2 Å². The first-order chi connectivity index (χ1) is 23.6. The highest BCUT2D eigenvalue weighted by Crippen LogP contribution is 2.33. The van der Waals surface area contributed by atoms with Crippen molar-refractivity contribution >= 4 is 39.9 Å². The van der Waals surface area contributed by atoms with E-state index < -0.39 is 11.8 Å². The molecular weight excluding hydrogens is 623 g/mol. The van der Waals surface area contributed by atoms with E-state index in [-0.39, 0.29) is 11.2 Å². The summed E-state index contributed by atoms with van der Waals surface area (Å²) in [7, 11) is 1.41. The van der Waals surface area contributed by atoms with Crippen molar-refractivity contribution in [3.63, 3.8) is 0 Å². The Morgan fingerprint density at radius 2 is 1.71 bits per heavy atom. The SMILES string of the molecule is CCc1cncc(Nc2cc(COc3ccc(NC(=O)Nc4cc(C(C)(C)C)nn4-c4ccc(OC)c(F)c4)c4ccccc34)ccn2)n1. The molecule has 0 fully saturated rings. The zero-order valence-electron chi connectivity index (χ0n) is 27.9. The Bertz CT molecular complexity index is 2130. The summed E-state index contributed by atoms with van der Waals surface area (Å²) in [6.45, 7) is 8.36. The Hall–Kier alpha value is -6.04. The minimum absolute atomic E-state index is 0.116. The molecule has 6 aromatic rings. The van der Waals surface area contributed by atoms with Crippen molar-refractivity contribution in [2.45, 2.75) is 46.1 Å². The van der Waals surface area contributed by atoms with Gasteiger partial charge in [-0.1, -0.05) is 52.0 Å². The summed E-state index contributed by atoms with van der Waals surface area (Å²) in [5.41, 5.74) is 3.22. The van der Waals surface area contributed by atoms with Crippen LogP contribution in [0.4, 0.5) is 32.3 Å². The molecule has 0 spiro atoms. The number of methoxy groups -OCH3 is 1. The lowest BCUT2D eigenvalue weighted by atomic mass is 9.92. The summed E-state index contributed by atoms with van der Waals surface area (Å²) in [6, 6.07) is 20.9. The fourth-order valence-electron chi connectivity index (χ4n) is 5.16. The standard InChI is InChI=1S/C37H37FN8O3/c1-6-24-20-39-21-34(41-24)43-33-17-23(15-16-40-33)22-49-30-14-12-29(26-9-7-8-10-27(26)30)42-36(47)44-35-19-32(37(2,3)4)45-46(35)25-11-13-31(48-5)28(38)18-25/h7-21H,6,22H2,1-5H3,(H,40,41,43)(H2,42,44,47). The van der Waals surface area contributed by atoms with Crippen LogP contribution in [-0.2, 0) is 18.4 Å². The number of hydrogen-bond donors (Lipinski definition) is 3. The Labute approximate surface area is 283 Å². The van der Waals surface area contributed by atoms with Crippen LogP contribution in [0.3, 0.4) is 0 Å². The highest BCUT2D eigenvalue weighted by Gasteiger charge is 2.22. The van der Waals surface area contributed by atoms with Crippen molar-refractivity contribution in [3.8, 4) is 17.2 Å². The third-order valence-electron chi connectivity index (χ3n) is 7.75. The largest absolute Gasteiger partial charge is 0.494 e. The van der Waals surface area contributed by atoms with Crippen LogP contribution in [0.15, 0.2) is 91.4 Å². The maximum Gasteiger partial charge on any atom is 0.324 e. The third-order valence-corrected chi connectivity index (χ3v) is 7.75. The molecule has 11 nitrogen and oxygen atoms in total. The van der Waals surface area contributed by atoms with Crippen LogP contribution in [0.1, 0.15) is 44.6 Å². The number of benzene rings is 3. The molecule has 0 unspecified atom stereocenters. The van der Waals surface area contributed by atoms with Crippen LogP contribution >= 0.6 is 0 Å². The van der Waals surface area contributed by atoms with E-state index in [0.717, 1.165) is 34.1 Å². The van der Waals surface area contributed by atoms with Gasteiger partial charge in [-0.25, -0.2) is 23.8 Å². The first kappa shape index (κ1) is 32.9. The van der Waals surface area contributed by atoms with Crippen LogP contribution in [-0.4, -0.2) is 37.9 Å². The van der Waals surface area contributed by atoms with E-state index in [4.69, 9.17) is 9.47 Å². The predicted molar refractivity (Wildman–Crippen MR) is 189 cm³/mol. The van der Waals surface area contributed by atoms with Crippen molar-refractivity contribution in [3.05, 3.63) is 114 Å². The number of anilines is 4. The van der Waals surface area contributed by atoms with Crippen molar-refractivity contribution < 1.29 is 18.7 Å². The molecule has 0 aliphatic rings. The lowest BCUT2D eigenvalue weighted by Crippen LogP contribution is -2.21. The van der Waals surface area contributed by atoms with Crippen molar-refractivity contribution in [1.29, 1.82) is 0 Å². The maximum atomic E-state index is 14.6. The van der Waals surface area contributed by atoms with E-state index in [1.165, 1.54) is 23.9 Å². The smallest absolute Gasteiger partial charge is 0.324 e. The van der Waals surface area contributed by atoms with Gasteiger partial charge in [-0.15, -0.1) is 0 Å². The molecule has 250 valence electrons. The summed E-state index contributed by atoms with van der Waals surface area (Å²) < 4.78 is 27.5.